The highest BCUT2D eigenvalue weighted by atomic mass is 32.1. The van der Waals surface area contributed by atoms with E-state index in [0.29, 0.717) is 28.3 Å². The van der Waals surface area contributed by atoms with Gasteiger partial charge in [-0.3, -0.25) is 0 Å². The second-order valence-electron chi connectivity index (χ2n) is 10.0. The van der Waals surface area contributed by atoms with Gasteiger partial charge in [-0.1, -0.05) is 6.07 Å². The summed E-state index contributed by atoms with van der Waals surface area (Å²) in [7, 11) is 0. The number of thiazole rings is 1. The Bertz CT molecular complexity index is 1290. The molecule has 10 heteroatoms. The summed E-state index contributed by atoms with van der Waals surface area (Å²) in [5.74, 6) is 0.498. The highest BCUT2D eigenvalue weighted by molar-refractivity contribution is 7.15. The smallest absolute Gasteiger partial charge is 0.245 e. The molecule has 180 valence electrons. The number of alkyl halides is 1. The Kier molecular flexibility index (Phi) is 5.42. The third kappa shape index (κ3) is 4.02. The van der Waals surface area contributed by atoms with Crippen molar-refractivity contribution in [3.05, 3.63) is 35.6 Å². The van der Waals surface area contributed by atoms with Gasteiger partial charge >= 0.3 is 0 Å². The van der Waals surface area contributed by atoms with E-state index >= 15 is 4.39 Å². The van der Waals surface area contributed by atoms with Crippen LogP contribution in [0.4, 0.5) is 10.3 Å². The van der Waals surface area contributed by atoms with Crippen LogP contribution in [0.25, 0.3) is 21.7 Å². The molecule has 0 spiro atoms. The lowest BCUT2D eigenvalue weighted by atomic mass is 9.73. The van der Waals surface area contributed by atoms with Gasteiger partial charge in [-0.15, -0.1) is 21.5 Å². The fraction of sp³-hybridized carbons (Fsp3) is 0.480. The molecule has 3 fully saturated rings. The third-order valence-electron chi connectivity index (χ3n) is 7.49. The molecule has 8 nitrogen and oxygen atoms in total. The van der Waals surface area contributed by atoms with Crippen molar-refractivity contribution >= 4 is 17.3 Å². The Labute approximate surface area is 206 Å². The monoisotopic (exact) mass is 491 g/mol. The molecular formula is C25H26FN7OS. The Morgan fingerprint density at radius 1 is 1.23 bits per heavy atom. The molecular weight excluding hydrogens is 465 g/mol. The quantitative estimate of drug-likeness (QED) is 0.546. The number of fused-ring (bicyclic) bond motifs is 2. The van der Waals surface area contributed by atoms with E-state index in [4.69, 9.17) is 5.26 Å². The summed E-state index contributed by atoms with van der Waals surface area (Å²) in [6.45, 7) is 2.00. The minimum atomic E-state index is -1.01. The standard InChI is InChI=1S/C25H26FN7OS/c1-25-8-2-3-15(30-25)10-19(23(25)26)33(16-5-6-16)24-29-12-18(31-32-24)17-7-4-14(9-20(17)34)21-13-28-22(11-27)35-21/h4,7,9,12-13,15-16,19,23,30,34H,2-3,5-6,8,10H2,1H3/t15-,19-,23-,25+/m0/s1. The number of halogens is 1. The number of nitrogens with one attached hydrogen (secondary N) is 1. The number of hydrogen-bond donors (Lipinski definition) is 2. The molecule has 4 heterocycles. The predicted octanol–water partition coefficient (Wildman–Crippen LogP) is 4.22. The summed E-state index contributed by atoms with van der Waals surface area (Å²) in [5, 5.41) is 32.3. The number of anilines is 1. The molecule has 4 atom stereocenters. The first-order chi connectivity index (χ1) is 16.9. The molecule has 3 aliphatic rings. The molecule has 0 radical (unpaired) electrons. The minimum absolute atomic E-state index is 0.0419. The van der Waals surface area contributed by atoms with E-state index in [1.54, 1.807) is 24.5 Å². The highest BCUT2D eigenvalue weighted by Gasteiger charge is 2.52. The van der Waals surface area contributed by atoms with Gasteiger partial charge in [0, 0.05) is 29.4 Å². The molecule has 35 heavy (non-hydrogen) atoms. The Morgan fingerprint density at radius 3 is 2.77 bits per heavy atom. The summed E-state index contributed by atoms with van der Waals surface area (Å²) in [6, 6.07) is 7.55. The lowest BCUT2D eigenvalue weighted by Crippen LogP contribution is -2.69. The van der Waals surface area contributed by atoms with Crippen LogP contribution in [0.1, 0.15) is 50.5 Å². The minimum Gasteiger partial charge on any atom is -0.507 e. The van der Waals surface area contributed by atoms with Crippen molar-refractivity contribution in [1.29, 1.82) is 5.26 Å². The summed E-state index contributed by atoms with van der Waals surface area (Å²) >= 11 is 1.27. The van der Waals surface area contributed by atoms with Crippen molar-refractivity contribution < 1.29 is 9.50 Å². The van der Waals surface area contributed by atoms with Gasteiger partial charge in [0.05, 0.1) is 17.1 Å². The van der Waals surface area contributed by atoms with Gasteiger partial charge in [-0.2, -0.15) is 5.26 Å². The maximum absolute atomic E-state index is 15.8. The van der Waals surface area contributed by atoms with Crippen LogP contribution in [-0.2, 0) is 0 Å². The number of aromatic nitrogens is 4. The average molecular weight is 492 g/mol. The van der Waals surface area contributed by atoms with Gasteiger partial charge in [0.2, 0.25) is 5.95 Å². The van der Waals surface area contributed by atoms with Crippen LogP contribution in [0.3, 0.4) is 0 Å². The van der Waals surface area contributed by atoms with E-state index in [0.717, 1.165) is 49.0 Å². The molecule has 2 saturated heterocycles. The molecule has 2 aromatic heterocycles. The summed E-state index contributed by atoms with van der Waals surface area (Å²) in [4.78, 5) is 11.5. The number of nitrogens with zero attached hydrogens (tertiary/aromatic N) is 6. The number of phenols is 1. The first-order valence-corrected chi connectivity index (χ1v) is 12.9. The number of piperidine rings is 2. The Hall–Kier alpha value is -3.16. The third-order valence-corrected chi connectivity index (χ3v) is 8.44. The van der Waals surface area contributed by atoms with E-state index in [1.165, 1.54) is 11.3 Å². The average Bonchev–Trinajstić information content (AvgIpc) is 3.57. The molecule has 1 saturated carbocycles. The van der Waals surface area contributed by atoms with Gasteiger partial charge in [-0.05, 0) is 63.1 Å². The fourth-order valence-corrected chi connectivity index (χ4v) is 6.33. The number of benzene rings is 1. The first kappa shape index (κ1) is 22.3. The highest BCUT2D eigenvalue weighted by Crippen LogP contribution is 2.42. The number of hydrogen-bond acceptors (Lipinski definition) is 9. The predicted molar refractivity (Wildman–Crippen MR) is 131 cm³/mol. The molecule has 1 aromatic carbocycles. The second-order valence-corrected chi connectivity index (χ2v) is 11.0. The van der Waals surface area contributed by atoms with Crippen molar-refractivity contribution in [3.63, 3.8) is 0 Å². The molecule has 2 bridgehead atoms. The largest absolute Gasteiger partial charge is 0.507 e. The van der Waals surface area contributed by atoms with Crippen molar-refractivity contribution in [2.75, 3.05) is 4.90 Å². The lowest BCUT2D eigenvalue weighted by molar-refractivity contribution is 0.0383. The molecule has 1 aliphatic carbocycles. The summed E-state index contributed by atoms with van der Waals surface area (Å²) < 4.78 is 15.8. The van der Waals surface area contributed by atoms with Crippen LogP contribution in [0.5, 0.6) is 5.75 Å². The summed E-state index contributed by atoms with van der Waals surface area (Å²) in [6.07, 6.45) is 7.95. The maximum Gasteiger partial charge on any atom is 0.245 e. The SMILES string of the molecule is C[C@@]12CCC[C@@H](C[C@H](N(c3ncc(-c4ccc(-c5cnc(C#N)s5)cc4O)nn3)C3CC3)[C@@H]1F)N2. The van der Waals surface area contributed by atoms with E-state index in [-0.39, 0.29) is 17.8 Å². The van der Waals surface area contributed by atoms with Gasteiger partial charge in [0.1, 0.15) is 23.7 Å². The van der Waals surface area contributed by atoms with Crippen molar-refractivity contribution in [1.82, 2.24) is 25.5 Å². The number of phenolic OH excluding ortho intramolecular Hbond substituents is 1. The van der Waals surface area contributed by atoms with E-state index < -0.39 is 11.7 Å². The molecule has 0 amide bonds. The Balaban J connectivity index is 1.26. The van der Waals surface area contributed by atoms with E-state index in [1.807, 2.05) is 19.1 Å². The van der Waals surface area contributed by atoms with Gasteiger partial charge in [-0.25, -0.2) is 14.4 Å². The number of rotatable bonds is 5. The first-order valence-electron chi connectivity index (χ1n) is 12.0. The second kappa shape index (κ2) is 8.50. The maximum atomic E-state index is 15.8. The van der Waals surface area contributed by atoms with Crippen LogP contribution >= 0.6 is 11.3 Å². The normalized spacial score (nSPS) is 27.9. The van der Waals surface area contributed by atoms with E-state index in [9.17, 15) is 5.11 Å². The molecule has 0 unspecified atom stereocenters. The van der Waals surface area contributed by atoms with Crippen LogP contribution in [0, 0.1) is 11.3 Å². The van der Waals surface area contributed by atoms with Crippen molar-refractivity contribution in [3.8, 4) is 33.5 Å². The zero-order valence-electron chi connectivity index (χ0n) is 19.4. The molecule has 6 rings (SSSR count). The Morgan fingerprint density at radius 2 is 2.09 bits per heavy atom. The van der Waals surface area contributed by atoms with Gasteiger partial charge < -0.3 is 15.3 Å². The lowest BCUT2D eigenvalue weighted by Gasteiger charge is -2.52. The van der Waals surface area contributed by atoms with Crippen LogP contribution < -0.4 is 10.2 Å². The van der Waals surface area contributed by atoms with Crippen LogP contribution in [0.2, 0.25) is 0 Å². The number of aromatic hydroxyl groups is 1. The molecule has 2 aliphatic heterocycles. The topological polar surface area (TPSA) is 111 Å². The molecule has 2 N–H and O–H groups in total. The van der Waals surface area contributed by atoms with E-state index in [2.05, 4.69) is 30.4 Å². The zero-order valence-corrected chi connectivity index (χ0v) is 20.2. The summed E-state index contributed by atoms with van der Waals surface area (Å²) in [5.41, 5.74) is 1.21. The van der Waals surface area contributed by atoms with Crippen LogP contribution in [0.15, 0.2) is 30.6 Å². The number of nitriles is 1. The van der Waals surface area contributed by atoms with Gasteiger partial charge in [0.25, 0.3) is 0 Å². The van der Waals surface area contributed by atoms with Crippen LogP contribution in [-0.4, -0.2) is 55.1 Å². The zero-order chi connectivity index (χ0) is 24.2. The van der Waals surface area contributed by atoms with Crippen molar-refractivity contribution in [2.45, 2.75) is 75.3 Å². The molecule has 3 aromatic rings. The van der Waals surface area contributed by atoms with Gasteiger partial charge in [0.15, 0.2) is 5.01 Å². The fourth-order valence-electron chi connectivity index (χ4n) is 5.62. The van der Waals surface area contributed by atoms with Crippen molar-refractivity contribution in [2.24, 2.45) is 0 Å².